The minimum absolute atomic E-state index is 0.299. The first-order valence-corrected chi connectivity index (χ1v) is 9.10. The fourth-order valence-corrected chi connectivity index (χ4v) is 3.74. The van der Waals surface area contributed by atoms with E-state index in [0.29, 0.717) is 22.0 Å². The Morgan fingerprint density at radius 3 is 2.70 bits per heavy atom. The molecule has 1 atom stereocenters. The van der Waals surface area contributed by atoms with Gasteiger partial charge in [0.25, 0.3) is 5.91 Å². The van der Waals surface area contributed by atoms with Crippen molar-refractivity contribution in [3.8, 4) is 5.75 Å². The molecule has 0 aliphatic carbocycles. The smallest absolute Gasteiger partial charge is 0.262 e. The lowest BCUT2D eigenvalue weighted by Crippen LogP contribution is -2.41. The summed E-state index contributed by atoms with van der Waals surface area (Å²) in [5.74, 6) is -0.108. The van der Waals surface area contributed by atoms with Gasteiger partial charge in [-0.1, -0.05) is 0 Å². The van der Waals surface area contributed by atoms with Gasteiger partial charge in [0.15, 0.2) is 0 Å². The molecule has 27 heavy (non-hydrogen) atoms. The molecule has 0 bridgehead atoms. The summed E-state index contributed by atoms with van der Waals surface area (Å²) in [6.45, 7) is 3.52. The average molecular weight is 387 g/mol. The quantitative estimate of drug-likeness (QED) is 0.582. The van der Waals surface area contributed by atoms with Crippen molar-refractivity contribution in [2.24, 2.45) is 7.05 Å². The number of aryl methyl sites for hydroxylation is 2. The summed E-state index contributed by atoms with van der Waals surface area (Å²) in [6, 6.07) is 6.04. The molecule has 3 aromatic rings. The molecule has 1 aromatic carbocycles. The van der Waals surface area contributed by atoms with E-state index in [1.807, 2.05) is 14.0 Å². The number of rotatable bonds is 5. The molecule has 4 N–H and O–H groups in total. The predicted molar refractivity (Wildman–Crippen MR) is 106 cm³/mol. The maximum Gasteiger partial charge on any atom is 0.262 e. The predicted octanol–water partition coefficient (Wildman–Crippen LogP) is 2.29. The number of nitrogens with one attached hydrogen (secondary N) is 2. The maximum atomic E-state index is 12.5. The monoisotopic (exact) mass is 387 g/mol. The number of carbonyl (C=O) groups is 2. The summed E-state index contributed by atoms with van der Waals surface area (Å²) in [4.78, 5) is 26.3. The second-order valence-electron chi connectivity index (χ2n) is 6.18. The molecule has 0 saturated heterocycles. The first-order valence-electron chi connectivity index (χ1n) is 8.28. The number of nitrogens with two attached hydrogens (primary N) is 1. The van der Waals surface area contributed by atoms with Crippen molar-refractivity contribution in [3.05, 3.63) is 34.8 Å². The van der Waals surface area contributed by atoms with Crippen LogP contribution in [0.2, 0.25) is 0 Å². The number of nitrogens with zero attached hydrogens (tertiary/aromatic N) is 2. The lowest BCUT2D eigenvalue weighted by molar-refractivity contribution is -0.117. The van der Waals surface area contributed by atoms with Gasteiger partial charge in [0, 0.05) is 18.1 Å². The van der Waals surface area contributed by atoms with Crippen LogP contribution in [-0.4, -0.2) is 34.7 Å². The number of carbonyl (C=O) groups excluding carboxylic acids is 2. The summed E-state index contributed by atoms with van der Waals surface area (Å²) >= 11 is 1.34. The van der Waals surface area contributed by atoms with Crippen molar-refractivity contribution in [3.63, 3.8) is 0 Å². The van der Waals surface area contributed by atoms with E-state index in [4.69, 9.17) is 10.5 Å². The van der Waals surface area contributed by atoms with Crippen LogP contribution in [0.5, 0.6) is 5.75 Å². The number of thiophene rings is 1. The molecule has 0 aliphatic heterocycles. The number of hydrogen-bond acceptors (Lipinski definition) is 6. The number of fused-ring (bicyclic) bond motifs is 1. The van der Waals surface area contributed by atoms with E-state index in [2.05, 4.69) is 15.7 Å². The number of amides is 2. The molecule has 1 unspecified atom stereocenters. The van der Waals surface area contributed by atoms with Crippen LogP contribution < -0.4 is 21.1 Å². The molecule has 8 nitrogen and oxygen atoms in total. The number of benzene rings is 1. The highest BCUT2D eigenvalue weighted by Crippen LogP contribution is 2.28. The molecule has 3 rings (SSSR count). The molecule has 2 amide bonds. The van der Waals surface area contributed by atoms with Gasteiger partial charge in [-0.3, -0.25) is 14.3 Å². The lowest BCUT2D eigenvalue weighted by atomic mass is 10.2. The Kier molecular flexibility index (Phi) is 5.04. The third kappa shape index (κ3) is 3.72. The van der Waals surface area contributed by atoms with E-state index in [0.717, 1.165) is 15.9 Å². The molecule has 0 radical (unpaired) electrons. The van der Waals surface area contributed by atoms with Gasteiger partial charge in [-0.05, 0) is 38.1 Å². The Balaban J connectivity index is 1.67. The molecule has 0 saturated carbocycles. The highest BCUT2D eigenvalue weighted by Gasteiger charge is 2.20. The number of hydrogen-bond donors (Lipinski definition) is 3. The SMILES string of the molecule is COc1ccc(NC(=O)C(C)NC(=O)c2cc3c(C)nn(C)c3s2)cc1N. The minimum atomic E-state index is -0.717. The highest BCUT2D eigenvalue weighted by molar-refractivity contribution is 7.20. The van der Waals surface area contributed by atoms with E-state index in [1.165, 1.54) is 18.4 Å². The van der Waals surface area contributed by atoms with Gasteiger partial charge in [-0.25, -0.2) is 0 Å². The molecule has 0 fully saturated rings. The fraction of sp³-hybridized carbons (Fsp3) is 0.278. The Morgan fingerprint density at radius 1 is 1.33 bits per heavy atom. The highest BCUT2D eigenvalue weighted by atomic mass is 32.1. The van der Waals surface area contributed by atoms with E-state index < -0.39 is 6.04 Å². The van der Waals surface area contributed by atoms with E-state index in [1.54, 1.807) is 35.9 Å². The molecule has 2 heterocycles. The maximum absolute atomic E-state index is 12.5. The Morgan fingerprint density at radius 2 is 2.07 bits per heavy atom. The van der Waals surface area contributed by atoms with E-state index in [9.17, 15) is 9.59 Å². The number of aromatic nitrogens is 2. The van der Waals surface area contributed by atoms with E-state index >= 15 is 0 Å². The van der Waals surface area contributed by atoms with Crippen molar-refractivity contribution in [1.29, 1.82) is 0 Å². The molecular weight excluding hydrogens is 366 g/mol. The van der Waals surface area contributed by atoms with Crippen LogP contribution in [0.4, 0.5) is 11.4 Å². The van der Waals surface area contributed by atoms with Gasteiger partial charge in [-0.15, -0.1) is 11.3 Å². The zero-order valence-electron chi connectivity index (χ0n) is 15.5. The summed E-state index contributed by atoms with van der Waals surface area (Å²) in [7, 11) is 3.36. The van der Waals surface area contributed by atoms with Gasteiger partial charge in [0.05, 0.1) is 23.4 Å². The largest absolute Gasteiger partial charge is 0.495 e. The van der Waals surface area contributed by atoms with Gasteiger partial charge >= 0.3 is 0 Å². The van der Waals surface area contributed by atoms with Gasteiger partial charge in [-0.2, -0.15) is 5.10 Å². The zero-order chi connectivity index (χ0) is 19.7. The van der Waals surface area contributed by atoms with Crippen LogP contribution >= 0.6 is 11.3 Å². The number of anilines is 2. The van der Waals surface area contributed by atoms with Crippen molar-refractivity contribution in [2.75, 3.05) is 18.2 Å². The second-order valence-corrected chi connectivity index (χ2v) is 7.21. The second kappa shape index (κ2) is 7.28. The van der Waals surface area contributed by atoms with Crippen molar-refractivity contribution in [2.45, 2.75) is 19.9 Å². The van der Waals surface area contributed by atoms with Gasteiger partial charge < -0.3 is 21.1 Å². The Labute approximate surface area is 160 Å². The van der Waals surface area contributed by atoms with Crippen LogP contribution in [0.3, 0.4) is 0 Å². The van der Waals surface area contributed by atoms with Gasteiger partial charge in [0.1, 0.15) is 16.6 Å². The van der Waals surface area contributed by atoms with Crippen LogP contribution in [0.1, 0.15) is 22.3 Å². The lowest BCUT2D eigenvalue weighted by Gasteiger charge is -2.14. The fourth-order valence-electron chi connectivity index (χ4n) is 2.71. The number of methoxy groups -OCH3 is 1. The molecular formula is C18H21N5O3S. The Hall–Kier alpha value is -3.07. The van der Waals surface area contributed by atoms with Gasteiger partial charge in [0.2, 0.25) is 5.91 Å². The molecule has 9 heteroatoms. The van der Waals surface area contributed by atoms with Crippen molar-refractivity contribution < 1.29 is 14.3 Å². The first-order chi connectivity index (χ1) is 12.8. The summed E-state index contributed by atoms with van der Waals surface area (Å²) < 4.78 is 6.84. The van der Waals surface area contributed by atoms with Crippen LogP contribution in [-0.2, 0) is 11.8 Å². The topological polar surface area (TPSA) is 111 Å². The third-order valence-corrected chi connectivity index (χ3v) is 5.36. The van der Waals surface area contributed by atoms with Crippen LogP contribution in [0.15, 0.2) is 24.3 Å². The van der Waals surface area contributed by atoms with Crippen LogP contribution in [0.25, 0.3) is 10.2 Å². The zero-order valence-corrected chi connectivity index (χ0v) is 16.3. The third-order valence-electron chi connectivity index (χ3n) is 4.16. The average Bonchev–Trinajstić information content (AvgIpc) is 3.17. The normalized spacial score (nSPS) is 12.0. The molecule has 0 spiro atoms. The summed E-state index contributed by atoms with van der Waals surface area (Å²) in [5, 5.41) is 10.7. The minimum Gasteiger partial charge on any atom is -0.495 e. The summed E-state index contributed by atoms with van der Waals surface area (Å²) in [6.07, 6.45) is 0. The van der Waals surface area contributed by atoms with Crippen LogP contribution in [0, 0.1) is 6.92 Å². The molecule has 2 aromatic heterocycles. The van der Waals surface area contributed by atoms with Crippen molar-refractivity contribution >= 4 is 44.7 Å². The van der Waals surface area contributed by atoms with Crippen molar-refractivity contribution in [1.82, 2.24) is 15.1 Å². The first kappa shape index (κ1) is 18.7. The summed E-state index contributed by atoms with van der Waals surface area (Å²) in [5.41, 5.74) is 7.65. The number of ether oxygens (including phenoxy) is 1. The molecule has 142 valence electrons. The van der Waals surface area contributed by atoms with E-state index in [-0.39, 0.29) is 11.8 Å². The number of nitrogen functional groups attached to an aromatic ring is 1. The standard InChI is InChI=1S/C18H21N5O3S/c1-9-12-8-15(27-18(12)23(3)22-9)17(25)20-10(2)16(24)21-11-5-6-14(26-4)13(19)7-11/h5-8,10H,19H2,1-4H3,(H,20,25)(H,21,24). The Bertz CT molecular complexity index is 989. The molecule has 0 aliphatic rings.